The third-order valence-electron chi connectivity index (χ3n) is 2.13. The minimum absolute atomic E-state index is 0.0560. The number of anilines is 1. The van der Waals surface area contributed by atoms with Crippen LogP contribution in [0.4, 0.5) is 5.13 Å². The number of hydrogen-bond acceptors (Lipinski definition) is 6. The fourth-order valence-corrected chi connectivity index (χ4v) is 2.06. The number of rotatable bonds is 4. The molecule has 0 spiro atoms. The highest BCUT2D eigenvalue weighted by Crippen LogP contribution is 2.27. The highest BCUT2D eigenvalue weighted by atomic mass is 35.5. The Morgan fingerprint density at radius 3 is 2.95 bits per heavy atom. The molecule has 6 nitrogen and oxygen atoms in total. The molecule has 0 atom stereocenters. The van der Waals surface area contributed by atoms with Crippen LogP contribution < -0.4 is 5.43 Å². The van der Waals surface area contributed by atoms with Crippen LogP contribution in [0.2, 0.25) is 5.02 Å². The third kappa shape index (κ3) is 3.49. The number of aliphatic carboxylic acids is 1. The largest absolute Gasteiger partial charge is 0.477 e. The second-order valence-electron chi connectivity index (χ2n) is 3.54. The molecule has 0 radical (unpaired) electrons. The van der Waals surface area contributed by atoms with Crippen molar-refractivity contribution in [2.45, 2.75) is 6.92 Å². The average molecular weight is 297 g/mol. The van der Waals surface area contributed by atoms with E-state index < -0.39 is 5.97 Å². The van der Waals surface area contributed by atoms with Gasteiger partial charge in [0, 0.05) is 10.6 Å². The number of hydrazone groups is 1. The standard InChI is InChI=1S/C11H9ClN4O2S/c1-6(10(17)18)13-15-11-16-14-9(19-11)7-3-2-4-8(12)5-7/h2-5H,1H3,(H,15,16)(H,17,18)/b13-6+. The molecule has 0 saturated carbocycles. The van der Waals surface area contributed by atoms with Crippen LogP contribution in [0.25, 0.3) is 10.6 Å². The van der Waals surface area contributed by atoms with Gasteiger partial charge in [-0.15, -0.1) is 10.2 Å². The lowest BCUT2D eigenvalue weighted by atomic mass is 10.2. The van der Waals surface area contributed by atoms with Crippen molar-refractivity contribution in [2.75, 3.05) is 5.43 Å². The molecule has 8 heteroatoms. The maximum atomic E-state index is 10.6. The van der Waals surface area contributed by atoms with E-state index in [1.807, 2.05) is 12.1 Å². The molecule has 0 unspecified atom stereocenters. The molecule has 1 aromatic heterocycles. The van der Waals surface area contributed by atoms with E-state index in [1.54, 1.807) is 12.1 Å². The number of hydrogen-bond donors (Lipinski definition) is 2. The van der Waals surface area contributed by atoms with Crippen molar-refractivity contribution in [3.8, 4) is 10.6 Å². The Bertz CT molecular complexity index is 641. The van der Waals surface area contributed by atoms with E-state index in [9.17, 15) is 4.79 Å². The first-order valence-corrected chi connectivity index (χ1v) is 6.39. The summed E-state index contributed by atoms with van der Waals surface area (Å²) in [4.78, 5) is 10.6. The number of benzene rings is 1. The molecule has 0 aliphatic heterocycles. The van der Waals surface area contributed by atoms with Gasteiger partial charge in [0.1, 0.15) is 10.7 Å². The van der Waals surface area contributed by atoms with Crippen molar-refractivity contribution >= 4 is 39.8 Å². The molecule has 0 amide bonds. The normalized spacial score (nSPS) is 11.4. The van der Waals surface area contributed by atoms with Crippen LogP contribution in [-0.2, 0) is 4.79 Å². The zero-order valence-corrected chi connectivity index (χ0v) is 11.4. The summed E-state index contributed by atoms with van der Waals surface area (Å²) in [6.45, 7) is 1.38. The van der Waals surface area contributed by atoms with Crippen molar-refractivity contribution in [3.63, 3.8) is 0 Å². The number of carbonyl (C=O) groups is 1. The van der Waals surface area contributed by atoms with Gasteiger partial charge in [-0.25, -0.2) is 4.79 Å². The van der Waals surface area contributed by atoms with Gasteiger partial charge in [-0.05, 0) is 19.1 Å². The minimum Gasteiger partial charge on any atom is -0.477 e. The molecular weight excluding hydrogens is 288 g/mol. The van der Waals surface area contributed by atoms with Crippen molar-refractivity contribution in [1.29, 1.82) is 0 Å². The summed E-state index contributed by atoms with van der Waals surface area (Å²) in [5.41, 5.74) is 3.34. The summed E-state index contributed by atoms with van der Waals surface area (Å²) >= 11 is 7.15. The summed E-state index contributed by atoms with van der Waals surface area (Å²) in [5.74, 6) is -1.09. The van der Waals surface area contributed by atoms with Gasteiger partial charge in [-0.1, -0.05) is 35.1 Å². The quantitative estimate of drug-likeness (QED) is 0.669. The van der Waals surface area contributed by atoms with Gasteiger partial charge < -0.3 is 5.11 Å². The van der Waals surface area contributed by atoms with Gasteiger partial charge >= 0.3 is 5.97 Å². The summed E-state index contributed by atoms with van der Waals surface area (Å²) in [6.07, 6.45) is 0. The van der Waals surface area contributed by atoms with Crippen molar-refractivity contribution in [3.05, 3.63) is 29.3 Å². The summed E-state index contributed by atoms with van der Waals surface area (Å²) in [7, 11) is 0. The first-order valence-electron chi connectivity index (χ1n) is 5.19. The lowest BCUT2D eigenvalue weighted by molar-refractivity contribution is -0.129. The molecule has 2 N–H and O–H groups in total. The SMILES string of the molecule is C/C(=N\Nc1nnc(-c2cccc(Cl)c2)s1)C(=O)O. The van der Waals surface area contributed by atoms with Crippen LogP contribution in [0.5, 0.6) is 0 Å². The van der Waals surface area contributed by atoms with E-state index in [4.69, 9.17) is 16.7 Å². The number of carboxylic acid groups (broad SMARTS) is 1. The Balaban J connectivity index is 2.16. The molecule has 0 bridgehead atoms. The molecule has 98 valence electrons. The Kier molecular flexibility index (Phi) is 4.08. The third-order valence-corrected chi connectivity index (χ3v) is 3.24. The predicted molar refractivity (Wildman–Crippen MR) is 74.7 cm³/mol. The zero-order chi connectivity index (χ0) is 13.8. The lowest BCUT2D eigenvalue weighted by Crippen LogP contribution is -2.10. The fraction of sp³-hybridized carbons (Fsp3) is 0.0909. The van der Waals surface area contributed by atoms with Crippen LogP contribution >= 0.6 is 22.9 Å². The highest BCUT2D eigenvalue weighted by Gasteiger charge is 2.07. The molecule has 1 aromatic carbocycles. The Morgan fingerprint density at radius 2 is 2.26 bits per heavy atom. The van der Waals surface area contributed by atoms with E-state index in [-0.39, 0.29) is 5.71 Å². The van der Waals surface area contributed by atoms with Crippen LogP contribution in [0.1, 0.15) is 6.92 Å². The van der Waals surface area contributed by atoms with Crippen LogP contribution in [-0.4, -0.2) is 27.0 Å². The number of nitrogens with zero attached hydrogens (tertiary/aromatic N) is 3. The van der Waals surface area contributed by atoms with Crippen molar-refractivity contribution in [2.24, 2.45) is 5.10 Å². The van der Waals surface area contributed by atoms with E-state index in [0.29, 0.717) is 15.2 Å². The molecule has 2 aromatic rings. The van der Waals surface area contributed by atoms with Crippen LogP contribution in [0, 0.1) is 0 Å². The second kappa shape index (κ2) is 5.77. The number of aromatic nitrogens is 2. The Hall–Kier alpha value is -1.99. The van der Waals surface area contributed by atoms with Gasteiger partial charge in [0.25, 0.3) is 0 Å². The van der Waals surface area contributed by atoms with Gasteiger partial charge in [0.2, 0.25) is 5.13 Å². The van der Waals surface area contributed by atoms with Gasteiger partial charge in [-0.3, -0.25) is 5.43 Å². The number of nitrogens with one attached hydrogen (secondary N) is 1. The summed E-state index contributed by atoms with van der Waals surface area (Å²) in [6, 6.07) is 7.23. The maximum absolute atomic E-state index is 10.6. The van der Waals surface area contributed by atoms with Gasteiger partial charge in [0.15, 0.2) is 0 Å². The fourth-order valence-electron chi connectivity index (χ4n) is 1.19. The van der Waals surface area contributed by atoms with E-state index >= 15 is 0 Å². The van der Waals surface area contributed by atoms with Crippen molar-refractivity contribution < 1.29 is 9.90 Å². The summed E-state index contributed by atoms with van der Waals surface area (Å²) in [5, 5.41) is 21.9. The molecule has 0 aliphatic carbocycles. The van der Waals surface area contributed by atoms with Gasteiger partial charge in [0.05, 0.1) is 0 Å². The highest BCUT2D eigenvalue weighted by molar-refractivity contribution is 7.18. The minimum atomic E-state index is -1.09. The lowest BCUT2D eigenvalue weighted by Gasteiger charge is -1.95. The van der Waals surface area contributed by atoms with Crippen molar-refractivity contribution in [1.82, 2.24) is 10.2 Å². The summed E-state index contributed by atoms with van der Waals surface area (Å²) < 4.78 is 0. The molecular formula is C11H9ClN4O2S. The maximum Gasteiger partial charge on any atom is 0.351 e. The van der Waals surface area contributed by atoms with E-state index in [0.717, 1.165) is 5.56 Å². The number of carboxylic acids is 1. The van der Waals surface area contributed by atoms with Crippen LogP contribution in [0.15, 0.2) is 29.4 Å². The van der Waals surface area contributed by atoms with Crippen LogP contribution in [0.3, 0.4) is 0 Å². The monoisotopic (exact) mass is 296 g/mol. The van der Waals surface area contributed by atoms with Gasteiger partial charge in [-0.2, -0.15) is 5.10 Å². The van der Waals surface area contributed by atoms with E-state index in [2.05, 4.69) is 20.7 Å². The Labute approximate surface area is 117 Å². The predicted octanol–water partition coefficient (Wildman–Crippen LogP) is 2.73. The Morgan fingerprint density at radius 1 is 1.47 bits per heavy atom. The molecule has 0 aliphatic rings. The average Bonchev–Trinajstić information content (AvgIpc) is 2.84. The number of halogens is 1. The molecule has 0 saturated heterocycles. The zero-order valence-electron chi connectivity index (χ0n) is 9.79. The first-order chi connectivity index (χ1) is 9.06. The smallest absolute Gasteiger partial charge is 0.351 e. The second-order valence-corrected chi connectivity index (χ2v) is 4.95. The topological polar surface area (TPSA) is 87.5 Å². The molecule has 0 fully saturated rings. The molecule has 2 rings (SSSR count). The molecule has 19 heavy (non-hydrogen) atoms. The first kappa shape index (κ1) is 13.4. The van der Waals surface area contributed by atoms with E-state index in [1.165, 1.54) is 18.3 Å². The molecule has 1 heterocycles.